The molecule has 0 aromatic carbocycles. The highest BCUT2D eigenvalue weighted by molar-refractivity contribution is 5.66. The van der Waals surface area contributed by atoms with Crippen molar-refractivity contribution in [2.75, 3.05) is 0 Å². The molecule has 0 bridgehead atoms. The van der Waals surface area contributed by atoms with E-state index in [1.165, 1.54) is 0 Å². The summed E-state index contributed by atoms with van der Waals surface area (Å²) >= 11 is 0. The molecule has 8 heavy (non-hydrogen) atoms. The Hall–Kier alpha value is -1.25. The Morgan fingerprint density at radius 3 is 3.62 bits per heavy atom. The van der Waals surface area contributed by atoms with Crippen LogP contribution in [0.4, 0.5) is 0 Å². The second-order valence-corrected chi connectivity index (χ2v) is 1.43. The predicted octanol–water partition coefficient (Wildman–Crippen LogP) is 0.756. The minimum Gasteiger partial charge on any atom is -0.435 e. The molecule has 0 atom stereocenters. The first kappa shape index (κ1) is 3.72. The summed E-state index contributed by atoms with van der Waals surface area (Å²) < 4.78 is 4.78. The Balaban J connectivity index is 3.06. The molecule has 0 unspecified atom stereocenters. The summed E-state index contributed by atoms with van der Waals surface area (Å²) in [6, 6.07) is 1.66. The number of rotatable bonds is 0. The third kappa shape index (κ3) is 0.307. The molecule has 38 valence electrons. The molecular weight excluding hydrogens is 104 g/mol. The fourth-order valence-corrected chi connectivity index (χ4v) is 0.574. The number of aromatic nitrogens is 2. The van der Waals surface area contributed by atoms with E-state index in [4.69, 9.17) is 4.42 Å². The van der Waals surface area contributed by atoms with Gasteiger partial charge in [-0.2, -0.15) is 0 Å². The van der Waals surface area contributed by atoms with Crippen molar-refractivity contribution in [3.8, 4) is 0 Å². The van der Waals surface area contributed by atoms with Gasteiger partial charge in [0.1, 0.15) is 5.52 Å². The molecule has 0 aliphatic rings. The number of aromatic amines is 1. The lowest BCUT2D eigenvalue weighted by molar-refractivity contribution is 0.594. The molecule has 3 nitrogen and oxygen atoms in total. The molecule has 2 radical (unpaired) electrons. The van der Waals surface area contributed by atoms with Gasteiger partial charge in [0.15, 0.2) is 12.6 Å². The number of H-pyrrole nitrogens is 1. The van der Waals surface area contributed by atoms with E-state index in [0.717, 1.165) is 5.52 Å². The Morgan fingerprint density at radius 2 is 2.75 bits per heavy atom. The van der Waals surface area contributed by atoms with Crippen LogP contribution >= 0.6 is 0 Å². The largest absolute Gasteiger partial charge is 0.435 e. The third-order valence-electron chi connectivity index (χ3n) is 0.935. The van der Waals surface area contributed by atoms with Crippen molar-refractivity contribution in [2.24, 2.45) is 0 Å². The van der Waals surface area contributed by atoms with E-state index in [2.05, 4.69) is 22.6 Å². The second kappa shape index (κ2) is 1.12. The minimum atomic E-state index is 0.630. The smallest absolute Gasteiger partial charge is 0.225 e. The maximum absolute atomic E-state index is 4.78. The average Bonchev–Trinajstić information content (AvgIpc) is 2.15. The van der Waals surface area contributed by atoms with E-state index in [1.807, 2.05) is 0 Å². The standard InChI is InChI=1S/C5H2N2O/c1-2-8-5-4(1)6-3-7-5/h1H,(H,6,7). The van der Waals surface area contributed by atoms with Crippen LogP contribution in [0.15, 0.2) is 10.5 Å². The van der Waals surface area contributed by atoms with Crippen molar-refractivity contribution in [2.45, 2.75) is 0 Å². The number of hydrogen-bond acceptors (Lipinski definition) is 2. The van der Waals surface area contributed by atoms with Crippen LogP contribution in [0.2, 0.25) is 0 Å². The van der Waals surface area contributed by atoms with Crippen LogP contribution in [0, 0.1) is 12.6 Å². The van der Waals surface area contributed by atoms with E-state index in [1.54, 1.807) is 6.07 Å². The van der Waals surface area contributed by atoms with Gasteiger partial charge in [-0.1, -0.05) is 0 Å². The molecule has 2 aromatic heterocycles. The number of imidazole rings is 1. The molecule has 0 spiro atoms. The Kier molecular flexibility index (Phi) is 0.521. The van der Waals surface area contributed by atoms with Crippen LogP contribution in [0.3, 0.4) is 0 Å². The minimum absolute atomic E-state index is 0.630. The van der Waals surface area contributed by atoms with E-state index >= 15 is 0 Å². The highest BCUT2D eigenvalue weighted by Crippen LogP contribution is 2.06. The molecule has 0 amide bonds. The maximum atomic E-state index is 4.78. The van der Waals surface area contributed by atoms with Gasteiger partial charge < -0.3 is 9.40 Å². The van der Waals surface area contributed by atoms with Gasteiger partial charge in [0.05, 0.1) is 0 Å². The Labute approximate surface area is 45.3 Å². The summed E-state index contributed by atoms with van der Waals surface area (Å²) in [7, 11) is 0. The number of nitrogens with zero attached hydrogens (tertiary/aromatic N) is 1. The van der Waals surface area contributed by atoms with Gasteiger partial charge in [-0.05, 0) is 0 Å². The number of fused-ring (bicyclic) bond motifs is 1. The number of furan rings is 1. The van der Waals surface area contributed by atoms with Gasteiger partial charge in [0, 0.05) is 6.07 Å². The third-order valence-corrected chi connectivity index (χ3v) is 0.935. The summed E-state index contributed by atoms with van der Waals surface area (Å²) in [6.45, 7) is 0. The summed E-state index contributed by atoms with van der Waals surface area (Å²) in [5, 5.41) is 0. The van der Waals surface area contributed by atoms with Crippen LogP contribution in [-0.4, -0.2) is 9.97 Å². The lowest BCUT2D eigenvalue weighted by atomic mass is 10.6. The van der Waals surface area contributed by atoms with Crippen molar-refractivity contribution in [1.29, 1.82) is 0 Å². The van der Waals surface area contributed by atoms with Gasteiger partial charge in [0.25, 0.3) is 0 Å². The monoisotopic (exact) mass is 106 g/mol. The van der Waals surface area contributed by atoms with Gasteiger partial charge in [-0.3, -0.25) is 0 Å². The van der Waals surface area contributed by atoms with Gasteiger partial charge in [-0.15, -0.1) is 0 Å². The zero-order valence-corrected chi connectivity index (χ0v) is 3.93. The van der Waals surface area contributed by atoms with Crippen molar-refractivity contribution >= 4 is 11.2 Å². The van der Waals surface area contributed by atoms with Gasteiger partial charge in [0.2, 0.25) is 5.71 Å². The number of hydrogen-bond donors (Lipinski definition) is 1. The maximum Gasteiger partial charge on any atom is 0.225 e. The van der Waals surface area contributed by atoms with E-state index in [0.29, 0.717) is 5.71 Å². The lowest BCUT2D eigenvalue weighted by Crippen LogP contribution is -1.52. The lowest BCUT2D eigenvalue weighted by Gasteiger charge is -1.64. The van der Waals surface area contributed by atoms with Crippen LogP contribution in [0.5, 0.6) is 0 Å². The van der Waals surface area contributed by atoms with Crippen LogP contribution in [0.1, 0.15) is 0 Å². The molecule has 0 aliphatic heterocycles. The van der Waals surface area contributed by atoms with Crippen molar-refractivity contribution in [1.82, 2.24) is 9.97 Å². The zero-order valence-electron chi connectivity index (χ0n) is 3.93. The number of nitrogens with one attached hydrogen (secondary N) is 1. The summed E-state index contributed by atoms with van der Waals surface area (Å²) in [5.41, 5.74) is 1.40. The van der Waals surface area contributed by atoms with Crippen LogP contribution in [0.25, 0.3) is 11.2 Å². The topological polar surface area (TPSA) is 41.8 Å². The predicted molar refractivity (Wildman–Crippen MR) is 26.0 cm³/mol. The van der Waals surface area contributed by atoms with E-state index in [-0.39, 0.29) is 0 Å². The van der Waals surface area contributed by atoms with E-state index in [9.17, 15) is 0 Å². The molecule has 0 saturated heterocycles. The molecule has 2 rings (SSSR count). The first-order valence-corrected chi connectivity index (χ1v) is 2.18. The first-order valence-electron chi connectivity index (χ1n) is 2.18. The highest BCUT2D eigenvalue weighted by Gasteiger charge is 1.94. The fraction of sp³-hybridized carbons (Fsp3) is 0. The van der Waals surface area contributed by atoms with Gasteiger partial charge in [-0.25, -0.2) is 4.98 Å². The average molecular weight is 106 g/mol. The van der Waals surface area contributed by atoms with Crippen LogP contribution in [-0.2, 0) is 0 Å². The molecule has 0 saturated carbocycles. The Bertz CT molecular complexity index is 232. The van der Waals surface area contributed by atoms with Crippen LogP contribution < -0.4 is 0 Å². The molecular formula is C5H2N2O. The molecule has 0 fully saturated rings. The highest BCUT2D eigenvalue weighted by atomic mass is 16.3. The summed E-state index contributed by atoms with van der Waals surface area (Å²) in [4.78, 5) is 6.44. The van der Waals surface area contributed by atoms with E-state index < -0.39 is 0 Å². The molecule has 1 N–H and O–H groups in total. The SMILES string of the molecule is [c]1nc2c[c]oc2[nH]1. The molecule has 2 aromatic rings. The quantitative estimate of drug-likeness (QED) is 0.538. The summed E-state index contributed by atoms with van der Waals surface area (Å²) in [6.07, 6.45) is 5.06. The molecule has 2 heterocycles. The normalized spacial score (nSPS) is 10.5. The van der Waals surface area contributed by atoms with Gasteiger partial charge >= 0.3 is 0 Å². The van der Waals surface area contributed by atoms with Crippen molar-refractivity contribution in [3.63, 3.8) is 0 Å². The first-order chi connectivity index (χ1) is 3.97. The molecule has 0 aliphatic carbocycles. The molecule has 3 heteroatoms. The fourth-order valence-electron chi connectivity index (χ4n) is 0.574. The summed E-state index contributed by atoms with van der Waals surface area (Å²) in [5.74, 6) is 0. The Morgan fingerprint density at radius 1 is 1.75 bits per heavy atom. The van der Waals surface area contributed by atoms with Crippen molar-refractivity contribution in [3.05, 3.63) is 18.7 Å². The second-order valence-electron chi connectivity index (χ2n) is 1.43. The van der Waals surface area contributed by atoms with Crippen molar-refractivity contribution < 1.29 is 4.42 Å². The zero-order chi connectivity index (χ0) is 5.40.